The summed E-state index contributed by atoms with van der Waals surface area (Å²) in [6.07, 6.45) is 0. The van der Waals surface area contributed by atoms with Crippen molar-refractivity contribution in [3.05, 3.63) is 83.4 Å². The van der Waals surface area contributed by atoms with Crippen molar-refractivity contribution in [2.45, 2.75) is 6.92 Å². The Morgan fingerprint density at radius 2 is 1.59 bits per heavy atom. The van der Waals surface area contributed by atoms with Crippen molar-refractivity contribution in [2.24, 2.45) is 5.73 Å². The number of hydrogen-bond donors (Lipinski definition) is 3. The van der Waals surface area contributed by atoms with Crippen molar-refractivity contribution in [1.82, 2.24) is 4.57 Å². The number of rotatable bonds is 4. The Bertz CT molecular complexity index is 1270. The summed E-state index contributed by atoms with van der Waals surface area (Å²) in [6.45, 7) is 1.87. The fourth-order valence-corrected chi connectivity index (χ4v) is 3.50. The number of phenolic OH excluding ortho intramolecular Hbond substituents is 1. The van der Waals surface area contributed by atoms with Crippen LogP contribution in [0.15, 0.2) is 66.7 Å². The number of nitrogens with zero attached hydrogens (tertiary/aromatic N) is 1. The molecule has 29 heavy (non-hydrogen) atoms. The van der Waals surface area contributed by atoms with Crippen LogP contribution in [0.25, 0.3) is 27.8 Å². The van der Waals surface area contributed by atoms with Crippen LogP contribution in [0.4, 0.5) is 0 Å². The van der Waals surface area contributed by atoms with E-state index >= 15 is 0 Å². The van der Waals surface area contributed by atoms with E-state index in [-0.39, 0.29) is 11.3 Å². The third kappa shape index (κ3) is 3.21. The number of benzene rings is 3. The number of nitrogens with two attached hydrogens (primary N) is 1. The molecule has 4 aromatic rings. The fourth-order valence-electron chi connectivity index (χ4n) is 3.50. The van der Waals surface area contributed by atoms with Gasteiger partial charge in [0.25, 0.3) is 0 Å². The van der Waals surface area contributed by atoms with Gasteiger partial charge in [-0.3, -0.25) is 4.79 Å². The number of carbonyl (C=O) groups is 2. The number of aromatic nitrogens is 1. The first kappa shape index (κ1) is 18.3. The number of hydrogen-bond acceptors (Lipinski definition) is 3. The average molecular weight is 386 g/mol. The molecular formula is C23H18N2O4. The standard InChI is InChI=1S/C23H18N2O4/c1-13-10-16(22(24)27)6-9-19(13)25-20(14-4-7-18(26)8-5-14)11-15-2-3-17(23(28)29)12-21(15)25/h2-12,26H,1H3,(H2,24,27)(H,28,29). The molecule has 0 aliphatic heterocycles. The van der Waals surface area contributed by atoms with E-state index < -0.39 is 11.9 Å². The summed E-state index contributed by atoms with van der Waals surface area (Å²) in [5, 5.41) is 19.9. The Morgan fingerprint density at radius 1 is 0.897 bits per heavy atom. The molecule has 6 nitrogen and oxygen atoms in total. The van der Waals surface area contributed by atoms with Crippen LogP contribution in [0.3, 0.4) is 0 Å². The maximum Gasteiger partial charge on any atom is 0.335 e. The van der Waals surface area contributed by atoms with E-state index in [0.717, 1.165) is 33.4 Å². The molecule has 0 saturated heterocycles. The maximum absolute atomic E-state index is 11.5. The second kappa shape index (κ2) is 6.83. The van der Waals surface area contributed by atoms with Gasteiger partial charge in [0.15, 0.2) is 0 Å². The number of amides is 1. The molecule has 1 aromatic heterocycles. The van der Waals surface area contributed by atoms with Crippen LogP contribution in [0.1, 0.15) is 26.3 Å². The van der Waals surface area contributed by atoms with Crippen molar-refractivity contribution in [3.63, 3.8) is 0 Å². The van der Waals surface area contributed by atoms with Crippen LogP contribution in [-0.2, 0) is 0 Å². The number of carboxylic acids is 1. The number of carboxylic acid groups (broad SMARTS) is 1. The van der Waals surface area contributed by atoms with E-state index in [2.05, 4.69) is 0 Å². The summed E-state index contributed by atoms with van der Waals surface area (Å²) in [4.78, 5) is 23.0. The van der Waals surface area contributed by atoms with E-state index in [1.165, 1.54) is 0 Å². The SMILES string of the molecule is Cc1cc(C(N)=O)ccc1-n1c(-c2ccc(O)cc2)cc2ccc(C(=O)O)cc21. The van der Waals surface area contributed by atoms with Crippen LogP contribution < -0.4 is 5.73 Å². The zero-order chi connectivity index (χ0) is 20.7. The third-order valence-electron chi connectivity index (χ3n) is 4.94. The molecule has 1 amide bonds. The highest BCUT2D eigenvalue weighted by Gasteiger charge is 2.17. The lowest BCUT2D eigenvalue weighted by atomic mass is 10.1. The lowest BCUT2D eigenvalue weighted by Crippen LogP contribution is -2.11. The van der Waals surface area contributed by atoms with E-state index in [1.54, 1.807) is 60.7 Å². The molecule has 0 saturated carbocycles. The molecule has 0 aliphatic rings. The number of phenols is 1. The number of primary amides is 1. The van der Waals surface area contributed by atoms with Crippen molar-refractivity contribution in [2.75, 3.05) is 0 Å². The van der Waals surface area contributed by atoms with Gasteiger partial charge in [0.1, 0.15) is 5.75 Å². The first-order valence-corrected chi connectivity index (χ1v) is 8.94. The van der Waals surface area contributed by atoms with E-state index in [4.69, 9.17) is 5.73 Å². The predicted octanol–water partition coefficient (Wildman–Crippen LogP) is 4.11. The Hall–Kier alpha value is -4.06. The summed E-state index contributed by atoms with van der Waals surface area (Å²) < 4.78 is 1.95. The van der Waals surface area contributed by atoms with Gasteiger partial charge in [-0.1, -0.05) is 6.07 Å². The molecule has 0 bridgehead atoms. The molecule has 0 unspecified atom stereocenters. The number of carbonyl (C=O) groups excluding carboxylic acids is 1. The number of aromatic hydroxyl groups is 1. The van der Waals surface area contributed by atoms with Crippen molar-refractivity contribution < 1.29 is 19.8 Å². The van der Waals surface area contributed by atoms with Crippen LogP contribution >= 0.6 is 0 Å². The molecule has 0 atom stereocenters. The fraction of sp³-hybridized carbons (Fsp3) is 0.0435. The first-order valence-electron chi connectivity index (χ1n) is 8.94. The van der Waals surface area contributed by atoms with Gasteiger partial charge in [-0.2, -0.15) is 0 Å². The topological polar surface area (TPSA) is 106 Å². The van der Waals surface area contributed by atoms with Crippen LogP contribution in [-0.4, -0.2) is 26.7 Å². The van der Waals surface area contributed by atoms with Crippen LogP contribution in [0.5, 0.6) is 5.75 Å². The zero-order valence-electron chi connectivity index (χ0n) is 15.6. The highest BCUT2D eigenvalue weighted by molar-refractivity contribution is 5.97. The number of fused-ring (bicyclic) bond motifs is 1. The lowest BCUT2D eigenvalue weighted by molar-refractivity contribution is 0.0696. The molecule has 0 radical (unpaired) electrons. The largest absolute Gasteiger partial charge is 0.508 e. The Morgan fingerprint density at radius 3 is 2.21 bits per heavy atom. The highest BCUT2D eigenvalue weighted by atomic mass is 16.4. The second-order valence-electron chi connectivity index (χ2n) is 6.86. The summed E-state index contributed by atoms with van der Waals surface area (Å²) in [5.74, 6) is -1.36. The minimum atomic E-state index is -1.01. The van der Waals surface area contributed by atoms with Crippen molar-refractivity contribution in [3.8, 4) is 22.7 Å². The minimum Gasteiger partial charge on any atom is -0.508 e. The molecule has 4 rings (SSSR count). The molecule has 3 aromatic carbocycles. The van der Waals surface area contributed by atoms with Gasteiger partial charge in [-0.25, -0.2) is 4.79 Å². The second-order valence-corrected chi connectivity index (χ2v) is 6.86. The van der Waals surface area contributed by atoms with E-state index in [0.29, 0.717) is 5.56 Å². The molecule has 144 valence electrons. The van der Waals surface area contributed by atoms with Crippen LogP contribution in [0.2, 0.25) is 0 Å². The first-order chi connectivity index (χ1) is 13.8. The number of aromatic carboxylic acids is 1. The van der Waals surface area contributed by atoms with Gasteiger partial charge < -0.3 is 20.5 Å². The molecule has 6 heteroatoms. The Kier molecular flexibility index (Phi) is 4.31. The Balaban J connectivity index is 2.05. The summed E-state index contributed by atoms with van der Waals surface area (Å²) >= 11 is 0. The summed E-state index contributed by atoms with van der Waals surface area (Å²) in [7, 11) is 0. The minimum absolute atomic E-state index is 0.159. The monoisotopic (exact) mass is 386 g/mol. The van der Waals surface area contributed by atoms with Gasteiger partial charge in [-0.05, 0) is 78.7 Å². The van der Waals surface area contributed by atoms with Crippen molar-refractivity contribution in [1.29, 1.82) is 0 Å². The summed E-state index contributed by atoms with van der Waals surface area (Å²) in [5.41, 5.74) is 10.0. The molecule has 0 aliphatic carbocycles. The van der Waals surface area contributed by atoms with Crippen molar-refractivity contribution >= 4 is 22.8 Å². The highest BCUT2D eigenvalue weighted by Crippen LogP contribution is 2.34. The maximum atomic E-state index is 11.5. The molecule has 1 heterocycles. The molecule has 0 fully saturated rings. The molecule has 0 spiro atoms. The quantitative estimate of drug-likeness (QED) is 0.491. The average Bonchev–Trinajstić information content (AvgIpc) is 3.06. The van der Waals surface area contributed by atoms with Gasteiger partial charge >= 0.3 is 5.97 Å². The normalized spacial score (nSPS) is 10.9. The zero-order valence-corrected chi connectivity index (χ0v) is 15.6. The lowest BCUT2D eigenvalue weighted by Gasteiger charge is -2.15. The van der Waals surface area contributed by atoms with Crippen LogP contribution in [0, 0.1) is 6.92 Å². The predicted molar refractivity (Wildman–Crippen MR) is 111 cm³/mol. The van der Waals surface area contributed by atoms with Gasteiger partial charge in [0.05, 0.1) is 16.8 Å². The number of aryl methyl sites for hydroxylation is 1. The van der Waals surface area contributed by atoms with Gasteiger partial charge in [0.2, 0.25) is 5.91 Å². The molecular weight excluding hydrogens is 368 g/mol. The van der Waals surface area contributed by atoms with Gasteiger partial charge in [-0.15, -0.1) is 0 Å². The third-order valence-corrected chi connectivity index (χ3v) is 4.94. The smallest absolute Gasteiger partial charge is 0.335 e. The Labute approximate surface area is 166 Å². The van der Waals surface area contributed by atoms with E-state index in [9.17, 15) is 19.8 Å². The van der Waals surface area contributed by atoms with E-state index in [1.807, 2.05) is 17.6 Å². The summed E-state index contributed by atoms with van der Waals surface area (Å²) in [6, 6.07) is 18.9. The van der Waals surface area contributed by atoms with Gasteiger partial charge in [0, 0.05) is 16.6 Å². The molecule has 4 N–H and O–H groups in total.